The first kappa shape index (κ1) is 19.0. The minimum atomic E-state index is -4.79. The molecule has 1 amide bonds. The van der Waals surface area contributed by atoms with Gasteiger partial charge in [-0.2, -0.15) is 18.2 Å². The van der Waals surface area contributed by atoms with Crippen molar-refractivity contribution in [1.82, 2.24) is 15.0 Å². The average Bonchev–Trinajstić information content (AvgIpc) is 3.24. The van der Waals surface area contributed by atoms with Crippen LogP contribution in [0.25, 0.3) is 11.4 Å². The van der Waals surface area contributed by atoms with Gasteiger partial charge in [0.1, 0.15) is 5.82 Å². The molecular formula is C17H13F4N3O2S. The highest BCUT2D eigenvalue weighted by Gasteiger charge is 2.38. The van der Waals surface area contributed by atoms with Gasteiger partial charge in [0.25, 0.3) is 5.91 Å². The van der Waals surface area contributed by atoms with Crippen LogP contribution < -0.4 is 0 Å². The van der Waals surface area contributed by atoms with E-state index in [9.17, 15) is 22.4 Å². The number of rotatable bonds is 4. The monoisotopic (exact) mass is 399 g/mol. The zero-order valence-electron chi connectivity index (χ0n) is 14.2. The molecule has 27 heavy (non-hydrogen) atoms. The fourth-order valence-corrected chi connectivity index (χ4v) is 3.30. The number of hydrogen-bond donors (Lipinski definition) is 0. The van der Waals surface area contributed by atoms with E-state index in [0.29, 0.717) is 6.54 Å². The van der Waals surface area contributed by atoms with E-state index in [-0.39, 0.29) is 11.1 Å². The van der Waals surface area contributed by atoms with Crippen molar-refractivity contribution < 1.29 is 26.9 Å². The molecule has 0 radical (unpaired) electrons. The SMILES string of the molecule is Cc1ccsc1CN(C)C(=O)c1ccc(-c2noc(C(F)(F)F)n2)cc1F. The number of halogens is 4. The Morgan fingerprint density at radius 3 is 2.59 bits per heavy atom. The molecule has 5 nitrogen and oxygen atoms in total. The van der Waals surface area contributed by atoms with Gasteiger partial charge in [0, 0.05) is 17.5 Å². The first-order valence-corrected chi connectivity index (χ1v) is 8.54. The van der Waals surface area contributed by atoms with E-state index in [1.807, 2.05) is 18.4 Å². The van der Waals surface area contributed by atoms with Crippen LogP contribution in [0.3, 0.4) is 0 Å². The zero-order chi connectivity index (χ0) is 19.8. The van der Waals surface area contributed by atoms with Crippen molar-refractivity contribution in [1.29, 1.82) is 0 Å². The van der Waals surface area contributed by atoms with Gasteiger partial charge in [-0.1, -0.05) is 11.2 Å². The van der Waals surface area contributed by atoms with Crippen LogP contribution in [-0.4, -0.2) is 28.0 Å². The van der Waals surface area contributed by atoms with Gasteiger partial charge in [-0.05, 0) is 36.1 Å². The number of nitrogens with zero attached hydrogens (tertiary/aromatic N) is 3. The summed E-state index contributed by atoms with van der Waals surface area (Å²) < 4.78 is 56.1. The maximum atomic E-state index is 14.4. The van der Waals surface area contributed by atoms with Crippen molar-refractivity contribution in [3.63, 3.8) is 0 Å². The zero-order valence-corrected chi connectivity index (χ0v) is 15.0. The smallest absolute Gasteiger partial charge is 0.336 e. The molecule has 0 bridgehead atoms. The molecule has 2 aromatic heterocycles. The minimum absolute atomic E-state index is 0.0277. The molecule has 0 saturated carbocycles. The summed E-state index contributed by atoms with van der Waals surface area (Å²) in [6.45, 7) is 2.24. The van der Waals surface area contributed by atoms with Crippen LogP contribution in [0.2, 0.25) is 0 Å². The normalized spacial score (nSPS) is 11.6. The summed E-state index contributed by atoms with van der Waals surface area (Å²) >= 11 is 1.49. The second kappa shape index (κ2) is 7.10. The Kier molecular flexibility index (Phi) is 5.01. The largest absolute Gasteiger partial charge is 0.471 e. The summed E-state index contributed by atoms with van der Waals surface area (Å²) in [6.07, 6.45) is -4.79. The summed E-state index contributed by atoms with van der Waals surface area (Å²) in [5.41, 5.74) is 0.808. The summed E-state index contributed by atoms with van der Waals surface area (Å²) in [7, 11) is 1.55. The Hall–Kier alpha value is -2.75. The molecule has 2 heterocycles. The number of carbonyl (C=O) groups is 1. The number of aryl methyl sites for hydroxylation is 1. The van der Waals surface area contributed by atoms with Crippen LogP contribution in [0.4, 0.5) is 17.6 Å². The predicted octanol–water partition coefficient (Wildman–Crippen LogP) is 4.54. The lowest BCUT2D eigenvalue weighted by molar-refractivity contribution is -0.159. The highest BCUT2D eigenvalue weighted by molar-refractivity contribution is 7.10. The number of amides is 1. The van der Waals surface area contributed by atoms with Gasteiger partial charge in [-0.3, -0.25) is 4.79 Å². The van der Waals surface area contributed by atoms with Crippen LogP contribution in [0.1, 0.15) is 26.7 Å². The maximum Gasteiger partial charge on any atom is 0.471 e. The Bertz CT molecular complexity index is 981. The second-order valence-corrected chi connectivity index (χ2v) is 6.80. The molecule has 0 atom stereocenters. The number of carbonyl (C=O) groups excluding carboxylic acids is 1. The molecule has 0 N–H and O–H groups in total. The van der Waals surface area contributed by atoms with Crippen molar-refractivity contribution in [2.75, 3.05) is 7.05 Å². The van der Waals surface area contributed by atoms with Crippen LogP contribution in [0.5, 0.6) is 0 Å². The fraction of sp³-hybridized carbons (Fsp3) is 0.235. The molecule has 0 unspecified atom stereocenters. The molecule has 0 spiro atoms. The van der Waals surface area contributed by atoms with Gasteiger partial charge >= 0.3 is 12.1 Å². The molecule has 0 aliphatic heterocycles. The molecular weight excluding hydrogens is 386 g/mol. The fourth-order valence-electron chi connectivity index (χ4n) is 2.34. The van der Waals surface area contributed by atoms with Crippen molar-refractivity contribution in [2.45, 2.75) is 19.6 Å². The van der Waals surface area contributed by atoms with Gasteiger partial charge in [0.05, 0.1) is 12.1 Å². The molecule has 3 aromatic rings. The van der Waals surface area contributed by atoms with E-state index in [1.165, 1.54) is 28.4 Å². The van der Waals surface area contributed by atoms with Crippen LogP contribution in [0, 0.1) is 12.7 Å². The van der Waals surface area contributed by atoms with Gasteiger partial charge in [-0.25, -0.2) is 4.39 Å². The van der Waals surface area contributed by atoms with Gasteiger partial charge in [-0.15, -0.1) is 11.3 Å². The first-order valence-electron chi connectivity index (χ1n) is 7.66. The Balaban J connectivity index is 1.81. The van der Waals surface area contributed by atoms with Crippen molar-refractivity contribution in [3.05, 3.63) is 57.4 Å². The average molecular weight is 399 g/mol. The van der Waals surface area contributed by atoms with E-state index in [2.05, 4.69) is 14.7 Å². The highest BCUT2D eigenvalue weighted by Crippen LogP contribution is 2.30. The third kappa shape index (κ3) is 4.00. The summed E-state index contributed by atoms with van der Waals surface area (Å²) in [6, 6.07) is 5.29. The lowest BCUT2D eigenvalue weighted by Crippen LogP contribution is -2.27. The van der Waals surface area contributed by atoms with Crippen molar-refractivity contribution in [2.24, 2.45) is 0 Å². The molecule has 3 rings (SSSR count). The quantitative estimate of drug-likeness (QED) is 0.605. The standard InChI is InChI=1S/C17H13F4N3O2S/c1-9-5-6-27-13(9)8-24(2)15(25)11-4-3-10(7-12(11)18)14-22-16(26-23-14)17(19,20)21/h3-7H,8H2,1-2H3. The van der Waals surface area contributed by atoms with Gasteiger partial charge < -0.3 is 9.42 Å². The minimum Gasteiger partial charge on any atom is -0.336 e. The van der Waals surface area contributed by atoms with Gasteiger partial charge in [0.2, 0.25) is 5.82 Å². The Morgan fingerprint density at radius 2 is 2.04 bits per heavy atom. The molecule has 0 aliphatic carbocycles. The number of aromatic nitrogens is 2. The summed E-state index contributed by atoms with van der Waals surface area (Å²) in [4.78, 5) is 18.0. The Labute approximate surface area is 155 Å². The van der Waals surface area contributed by atoms with E-state index in [4.69, 9.17) is 0 Å². The van der Waals surface area contributed by atoms with E-state index >= 15 is 0 Å². The maximum absolute atomic E-state index is 14.4. The van der Waals surface area contributed by atoms with Crippen LogP contribution >= 0.6 is 11.3 Å². The van der Waals surface area contributed by atoms with E-state index in [1.54, 1.807) is 7.05 Å². The molecule has 0 fully saturated rings. The van der Waals surface area contributed by atoms with Gasteiger partial charge in [0.15, 0.2) is 0 Å². The third-order valence-electron chi connectivity index (χ3n) is 3.82. The predicted molar refractivity (Wildman–Crippen MR) is 89.5 cm³/mol. The van der Waals surface area contributed by atoms with E-state index < -0.39 is 29.6 Å². The third-order valence-corrected chi connectivity index (χ3v) is 4.83. The number of benzene rings is 1. The molecule has 0 aliphatic rings. The van der Waals surface area contributed by atoms with Crippen molar-refractivity contribution >= 4 is 17.2 Å². The van der Waals surface area contributed by atoms with Crippen LogP contribution in [-0.2, 0) is 12.7 Å². The highest BCUT2D eigenvalue weighted by atomic mass is 32.1. The van der Waals surface area contributed by atoms with Crippen molar-refractivity contribution in [3.8, 4) is 11.4 Å². The lowest BCUT2D eigenvalue weighted by Gasteiger charge is -2.17. The second-order valence-electron chi connectivity index (χ2n) is 5.80. The summed E-state index contributed by atoms with van der Waals surface area (Å²) in [5.74, 6) is -3.37. The lowest BCUT2D eigenvalue weighted by atomic mass is 10.1. The number of alkyl halides is 3. The topological polar surface area (TPSA) is 59.2 Å². The molecule has 0 saturated heterocycles. The van der Waals surface area contributed by atoms with Crippen LogP contribution in [0.15, 0.2) is 34.2 Å². The molecule has 1 aromatic carbocycles. The first-order chi connectivity index (χ1) is 12.7. The number of hydrogen-bond acceptors (Lipinski definition) is 5. The van der Waals surface area contributed by atoms with E-state index in [0.717, 1.165) is 16.5 Å². The Morgan fingerprint density at radius 1 is 1.30 bits per heavy atom. The number of thiophene rings is 1. The molecule has 10 heteroatoms. The molecule has 142 valence electrons. The summed E-state index contributed by atoms with van der Waals surface area (Å²) in [5, 5.41) is 5.10.